The van der Waals surface area contributed by atoms with Crippen LogP contribution in [0.2, 0.25) is 0 Å². The molecule has 1 aliphatic carbocycles. The molecule has 1 atom stereocenters. The molecule has 1 unspecified atom stereocenters. The van der Waals surface area contributed by atoms with Crippen LogP contribution in [0.1, 0.15) is 54.9 Å². The zero-order chi connectivity index (χ0) is 22.8. The van der Waals surface area contributed by atoms with Crippen molar-refractivity contribution in [3.63, 3.8) is 0 Å². The number of carbonyl (C=O) groups is 1. The Morgan fingerprint density at radius 2 is 1.88 bits per heavy atom. The Morgan fingerprint density at radius 1 is 1.09 bits per heavy atom. The number of fused-ring (bicyclic) bond motifs is 3. The van der Waals surface area contributed by atoms with E-state index in [0.717, 1.165) is 33.9 Å². The van der Waals surface area contributed by atoms with Crippen molar-refractivity contribution in [3.8, 4) is 0 Å². The van der Waals surface area contributed by atoms with Crippen LogP contribution in [0.3, 0.4) is 0 Å². The molecule has 5 rings (SSSR count). The number of aromatic nitrogens is 1. The Labute approximate surface area is 184 Å². The van der Waals surface area contributed by atoms with Crippen LogP contribution < -0.4 is 5.32 Å². The quantitative estimate of drug-likeness (QED) is 0.458. The predicted molar refractivity (Wildman–Crippen MR) is 118 cm³/mol. The molecule has 2 aliphatic rings. The van der Waals surface area contributed by atoms with Crippen molar-refractivity contribution in [1.29, 1.82) is 0 Å². The van der Waals surface area contributed by atoms with Gasteiger partial charge in [0, 0.05) is 40.9 Å². The summed E-state index contributed by atoms with van der Waals surface area (Å²) in [5.41, 5.74) is 3.83. The van der Waals surface area contributed by atoms with E-state index in [4.69, 9.17) is 0 Å². The monoisotopic (exact) mass is 436 g/mol. The third-order valence-electron chi connectivity index (χ3n) is 6.37. The van der Waals surface area contributed by atoms with Crippen molar-refractivity contribution < 1.29 is 18.0 Å². The van der Waals surface area contributed by atoms with Crippen molar-refractivity contribution >= 4 is 22.4 Å². The second-order valence-electron chi connectivity index (χ2n) is 9.62. The molecule has 1 N–H and O–H groups in total. The van der Waals surface area contributed by atoms with Gasteiger partial charge < -0.3 is 5.32 Å². The van der Waals surface area contributed by atoms with Crippen molar-refractivity contribution in [2.75, 3.05) is 5.32 Å². The number of alkyl halides is 3. The number of hydrogen-bond donors (Lipinski definition) is 1. The van der Waals surface area contributed by atoms with E-state index in [9.17, 15) is 18.0 Å². The van der Waals surface area contributed by atoms with Gasteiger partial charge in [-0.15, -0.1) is 0 Å². The zero-order valence-corrected chi connectivity index (χ0v) is 18.1. The lowest BCUT2D eigenvalue weighted by atomic mass is 9.68. The summed E-state index contributed by atoms with van der Waals surface area (Å²) in [4.78, 5) is 17.8. The number of benzene rings is 2. The van der Waals surface area contributed by atoms with Crippen LogP contribution in [-0.2, 0) is 11.0 Å². The molecule has 6 heteroatoms. The summed E-state index contributed by atoms with van der Waals surface area (Å²) in [6.45, 7) is 5.74. The van der Waals surface area contributed by atoms with E-state index in [0.29, 0.717) is 29.5 Å². The van der Waals surface area contributed by atoms with Gasteiger partial charge in [0.15, 0.2) is 5.78 Å². The Bertz CT molecular complexity index is 1300. The minimum atomic E-state index is -4.47. The van der Waals surface area contributed by atoms with Gasteiger partial charge >= 0.3 is 6.18 Å². The Balaban J connectivity index is 1.83. The molecule has 0 amide bonds. The van der Waals surface area contributed by atoms with Gasteiger partial charge in [0.05, 0.1) is 11.1 Å². The topological polar surface area (TPSA) is 42.0 Å². The number of nitrogens with one attached hydrogen (secondary N) is 1. The lowest BCUT2D eigenvalue weighted by Gasteiger charge is -2.40. The first-order valence-corrected chi connectivity index (χ1v) is 10.6. The highest BCUT2D eigenvalue weighted by Gasteiger charge is 2.42. The number of aryl methyl sites for hydroxylation is 1. The van der Waals surface area contributed by atoms with Crippen LogP contribution >= 0.6 is 0 Å². The molecule has 3 nitrogen and oxygen atoms in total. The van der Waals surface area contributed by atoms with Gasteiger partial charge in [-0.05, 0) is 60.2 Å². The lowest BCUT2D eigenvalue weighted by Crippen LogP contribution is -2.34. The number of Topliss-reactive ketones (excluding diaryl/α,β-unsaturated/α-hetero) is 1. The Kier molecular flexibility index (Phi) is 4.49. The molecule has 0 saturated heterocycles. The predicted octanol–water partition coefficient (Wildman–Crippen LogP) is 6.76. The summed E-state index contributed by atoms with van der Waals surface area (Å²) < 4.78 is 41.0. The van der Waals surface area contributed by atoms with Gasteiger partial charge in [-0.1, -0.05) is 31.5 Å². The fraction of sp³-hybridized carbons (Fsp3) is 0.308. The molecule has 1 aromatic heterocycles. The molecule has 164 valence electrons. The van der Waals surface area contributed by atoms with Gasteiger partial charge in [-0.3, -0.25) is 9.78 Å². The maximum Gasteiger partial charge on any atom is 0.416 e. The number of hydrogen-bond acceptors (Lipinski definition) is 3. The van der Waals surface area contributed by atoms with Crippen LogP contribution in [0.5, 0.6) is 0 Å². The van der Waals surface area contributed by atoms with E-state index < -0.39 is 17.7 Å². The van der Waals surface area contributed by atoms with Crippen LogP contribution in [0.4, 0.5) is 18.9 Å². The summed E-state index contributed by atoms with van der Waals surface area (Å²) in [5.74, 6) is -0.603. The summed E-state index contributed by atoms with van der Waals surface area (Å²) in [6, 6.07) is 11.6. The third kappa shape index (κ3) is 3.38. The molecule has 0 fully saturated rings. The summed E-state index contributed by atoms with van der Waals surface area (Å²) in [6.07, 6.45) is -1.76. The molecule has 0 spiro atoms. The molecular weight excluding hydrogens is 413 g/mol. The van der Waals surface area contributed by atoms with Crippen molar-refractivity contribution in [2.24, 2.45) is 5.41 Å². The molecule has 3 aromatic rings. The molecule has 32 heavy (non-hydrogen) atoms. The summed E-state index contributed by atoms with van der Waals surface area (Å²) in [5, 5.41) is 4.28. The van der Waals surface area contributed by atoms with Gasteiger partial charge in [0.1, 0.15) is 0 Å². The average molecular weight is 436 g/mol. The number of rotatable bonds is 1. The Morgan fingerprint density at radius 3 is 2.62 bits per heavy atom. The van der Waals surface area contributed by atoms with Crippen LogP contribution in [0, 0.1) is 12.3 Å². The molecular formula is C26H23F3N2O. The summed E-state index contributed by atoms with van der Waals surface area (Å²) >= 11 is 0. The van der Waals surface area contributed by atoms with Gasteiger partial charge in [-0.2, -0.15) is 13.2 Å². The van der Waals surface area contributed by atoms with Crippen molar-refractivity contribution in [2.45, 2.75) is 45.7 Å². The first-order valence-electron chi connectivity index (χ1n) is 10.6. The minimum Gasteiger partial charge on any atom is -0.358 e. The lowest BCUT2D eigenvalue weighted by molar-refractivity contribution is -0.137. The molecule has 1 aliphatic heterocycles. The zero-order valence-electron chi connectivity index (χ0n) is 18.1. The number of ketones is 1. The number of carbonyl (C=O) groups excluding carboxylic acids is 1. The van der Waals surface area contributed by atoms with Crippen LogP contribution in [0.15, 0.2) is 59.9 Å². The molecule has 0 bridgehead atoms. The highest BCUT2D eigenvalue weighted by Crippen LogP contribution is 2.51. The summed E-state index contributed by atoms with van der Waals surface area (Å²) in [7, 11) is 0. The van der Waals surface area contributed by atoms with E-state index in [1.165, 1.54) is 6.07 Å². The number of halogens is 3. The van der Waals surface area contributed by atoms with Gasteiger partial charge in [0.25, 0.3) is 0 Å². The largest absolute Gasteiger partial charge is 0.416 e. The number of anilines is 1. The number of pyridine rings is 1. The SMILES string of the molecule is Cc1cc(C2C3=C(CC(C)(C)CC3=O)Nc3ccc4ncccc4c32)cc(C(F)(F)F)c1. The first-order chi connectivity index (χ1) is 15.0. The molecule has 2 heterocycles. The highest BCUT2D eigenvalue weighted by atomic mass is 19.4. The van der Waals surface area contributed by atoms with E-state index in [2.05, 4.69) is 10.3 Å². The maximum atomic E-state index is 13.7. The number of allylic oxidation sites excluding steroid dienone is 2. The Hall–Kier alpha value is -3.15. The van der Waals surface area contributed by atoms with E-state index in [-0.39, 0.29) is 11.2 Å². The highest BCUT2D eigenvalue weighted by molar-refractivity contribution is 6.04. The third-order valence-corrected chi connectivity index (χ3v) is 6.37. The fourth-order valence-corrected chi connectivity index (χ4v) is 5.16. The van der Waals surface area contributed by atoms with E-state index in [1.807, 2.05) is 38.1 Å². The van der Waals surface area contributed by atoms with Crippen molar-refractivity contribution in [3.05, 3.63) is 82.2 Å². The average Bonchev–Trinajstić information content (AvgIpc) is 2.70. The molecule has 2 aromatic carbocycles. The maximum absolute atomic E-state index is 13.7. The first kappa shape index (κ1) is 20.7. The van der Waals surface area contributed by atoms with Crippen molar-refractivity contribution in [1.82, 2.24) is 4.98 Å². The molecule has 0 radical (unpaired) electrons. The fourth-order valence-electron chi connectivity index (χ4n) is 5.16. The van der Waals surface area contributed by atoms with Crippen LogP contribution in [-0.4, -0.2) is 10.8 Å². The molecule has 0 saturated carbocycles. The van der Waals surface area contributed by atoms with Crippen LogP contribution in [0.25, 0.3) is 10.9 Å². The van der Waals surface area contributed by atoms with Gasteiger partial charge in [0.2, 0.25) is 0 Å². The second kappa shape index (κ2) is 6.92. The normalized spacial score (nSPS) is 20.1. The minimum absolute atomic E-state index is 0.0182. The second-order valence-corrected chi connectivity index (χ2v) is 9.62. The van der Waals surface area contributed by atoms with Gasteiger partial charge in [-0.25, -0.2) is 0 Å². The number of nitrogens with zero attached hydrogens (tertiary/aromatic N) is 1. The smallest absolute Gasteiger partial charge is 0.358 e. The van der Waals surface area contributed by atoms with E-state index >= 15 is 0 Å². The standard InChI is InChI=1S/C26H23F3N2O/c1-14-9-15(11-16(10-14)26(27,28)29)22-23-17-5-4-8-30-18(17)6-7-19(23)31-20-12-25(2,3)13-21(32)24(20)22/h4-11,22,31H,12-13H2,1-3H3. The van der Waals surface area contributed by atoms with E-state index in [1.54, 1.807) is 19.2 Å².